The third-order valence-electron chi connectivity index (χ3n) is 4.37. The Morgan fingerprint density at radius 1 is 1.27 bits per heavy atom. The molecule has 0 bridgehead atoms. The van der Waals surface area contributed by atoms with Crippen LogP contribution in [-0.2, 0) is 0 Å². The minimum Gasteiger partial charge on any atom is -0.438 e. The van der Waals surface area contributed by atoms with Crippen molar-refractivity contribution in [3.05, 3.63) is 47.9 Å². The maximum atomic E-state index is 13.6. The molecule has 26 heavy (non-hydrogen) atoms. The van der Waals surface area contributed by atoms with Gasteiger partial charge in [0.25, 0.3) is 5.91 Å². The minimum atomic E-state index is -0.598. The lowest BCUT2D eigenvalue weighted by Crippen LogP contribution is -2.38. The Labute approximate surface area is 156 Å². The van der Waals surface area contributed by atoms with Crippen LogP contribution in [0.15, 0.2) is 41.4 Å². The van der Waals surface area contributed by atoms with Crippen LogP contribution in [0.1, 0.15) is 36.0 Å². The zero-order valence-corrected chi connectivity index (χ0v) is 15.3. The molecule has 138 valence electrons. The summed E-state index contributed by atoms with van der Waals surface area (Å²) >= 11 is 1.61. The Hall–Kier alpha value is -2.12. The molecule has 1 aromatic carbocycles. The fourth-order valence-electron chi connectivity index (χ4n) is 2.91. The van der Waals surface area contributed by atoms with Crippen LogP contribution in [0.2, 0.25) is 0 Å². The number of benzene rings is 1. The molecule has 1 amide bonds. The summed E-state index contributed by atoms with van der Waals surface area (Å²) in [5.41, 5.74) is 0.0602. The molecule has 0 saturated heterocycles. The van der Waals surface area contributed by atoms with E-state index in [4.69, 9.17) is 4.74 Å². The molecule has 1 aliphatic carbocycles. The van der Waals surface area contributed by atoms with E-state index in [2.05, 4.69) is 10.3 Å². The van der Waals surface area contributed by atoms with Gasteiger partial charge >= 0.3 is 0 Å². The topological polar surface area (TPSA) is 71.5 Å². The molecule has 1 heterocycles. The van der Waals surface area contributed by atoms with Gasteiger partial charge in [0, 0.05) is 10.9 Å². The summed E-state index contributed by atoms with van der Waals surface area (Å²) in [6.07, 6.45) is 5.39. The first-order valence-electron chi connectivity index (χ1n) is 8.51. The van der Waals surface area contributed by atoms with Crippen molar-refractivity contribution in [1.29, 1.82) is 0 Å². The highest BCUT2D eigenvalue weighted by Crippen LogP contribution is 2.26. The molecule has 7 heteroatoms. The van der Waals surface area contributed by atoms with Crippen molar-refractivity contribution in [2.24, 2.45) is 0 Å². The predicted octanol–water partition coefficient (Wildman–Crippen LogP) is 3.77. The number of halogens is 1. The van der Waals surface area contributed by atoms with Crippen molar-refractivity contribution in [1.82, 2.24) is 10.3 Å². The highest BCUT2D eigenvalue weighted by molar-refractivity contribution is 7.98. The normalized spacial score (nSPS) is 19.8. The second kappa shape index (κ2) is 8.51. The summed E-state index contributed by atoms with van der Waals surface area (Å²) in [5.74, 6) is -0.429. The molecule has 3 rings (SSSR count). The molecule has 1 aromatic heterocycles. The average Bonchev–Trinajstić information content (AvgIpc) is 2.65. The highest BCUT2D eigenvalue weighted by atomic mass is 32.2. The number of hydrogen-bond acceptors (Lipinski definition) is 5. The van der Waals surface area contributed by atoms with Crippen molar-refractivity contribution in [2.75, 3.05) is 6.26 Å². The van der Waals surface area contributed by atoms with Gasteiger partial charge in [-0.2, -0.15) is 0 Å². The molecule has 0 spiro atoms. The number of aliphatic hydroxyl groups excluding tert-OH is 1. The van der Waals surface area contributed by atoms with E-state index in [9.17, 15) is 14.3 Å². The molecule has 0 radical (unpaired) electrons. The number of aromatic nitrogens is 1. The molecule has 2 N–H and O–H groups in total. The Balaban J connectivity index is 1.75. The number of hydrogen-bond donors (Lipinski definition) is 2. The standard InChI is InChI=1S/C19H21FN2O3S/c1-26-16-8-6-15(7-9-16)25-19-17(10-12(20)11-21-19)18(24)22-13-2-4-14(23)5-3-13/h6-11,13-14,23H,2-5H2,1H3,(H,22,24)/t13-,14-. The fraction of sp³-hybridized carbons (Fsp3) is 0.368. The Bertz CT molecular complexity index is 762. The van der Waals surface area contributed by atoms with Crippen molar-refractivity contribution in [3.8, 4) is 11.6 Å². The molecule has 0 atom stereocenters. The number of pyridine rings is 1. The van der Waals surface area contributed by atoms with Gasteiger partial charge in [-0.3, -0.25) is 4.79 Å². The number of thioether (sulfide) groups is 1. The molecular formula is C19H21FN2O3S. The van der Waals surface area contributed by atoms with Gasteiger partial charge < -0.3 is 15.2 Å². The Morgan fingerprint density at radius 3 is 2.62 bits per heavy atom. The Morgan fingerprint density at radius 2 is 1.96 bits per heavy atom. The third kappa shape index (κ3) is 4.74. The summed E-state index contributed by atoms with van der Waals surface area (Å²) in [4.78, 5) is 17.6. The Kier molecular flexibility index (Phi) is 6.11. The number of ether oxygens (including phenoxy) is 1. The van der Waals surface area contributed by atoms with E-state index in [-0.39, 0.29) is 23.6 Å². The summed E-state index contributed by atoms with van der Waals surface area (Å²) in [7, 11) is 0. The van der Waals surface area contributed by atoms with Crippen LogP contribution in [0.25, 0.3) is 0 Å². The lowest BCUT2D eigenvalue weighted by atomic mass is 9.93. The van der Waals surface area contributed by atoms with Gasteiger partial charge in [0.2, 0.25) is 5.88 Å². The van der Waals surface area contributed by atoms with Crippen LogP contribution >= 0.6 is 11.8 Å². The van der Waals surface area contributed by atoms with Crippen molar-refractivity contribution >= 4 is 17.7 Å². The number of nitrogens with one attached hydrogen (secondary N) is 1. The van der Waals surface area contributed by atoms with E-state index in [0.717, 1.165) is 17.2 Å². The van der Waals surface area contributed by atoms with Gasteiger partial charge in [0.15, 0.2) is 0 Å². The van der Waals surface area contributed by atoms with Crippen molar-refractivity contribution in [2.45, 2.75) is 42.7 Å². The van der Waals surface area contributed by atoms with E-state index in [1.165, 1.54) is 0 Å². The molecule has 1 fully saturated rings. The van der Waals surface area contributed by atoms with Crippen LogP contribution < -0.4 is 10.1 Å². The van der Waals surface area contributed by atoms with E-state index in [1.54, 1.807) is 23.9 Å². The lowest BCUT2D eigenvalue weighted by Gasteiger charge is -2.26. The fourth-order valence-corrected chi connectivity index (χ4v) is 3.32. The molecular weight excluding hydrogens is 355 g/mol. The smallest absolute Gasteiger partial charge is 0.257 e. The van der Waals surface area contributed by atoms with Gasteiger partial charge in [0.1, 0.15) is 17.1 Å². The first-order valence-corrected chi connectivity index (χ1v) is 9.74. The number of carbonyl (C=O) groups is 1. The van der Waals surface area contributed by atoms with Crippen molar-refractivity contribution < 1.29 is 19.0 Å². The van der Waals surface area contributed by atoms with E-state index in [1.807, 2.05) is 18.4 Å². The highest BCUT2D eigenvalue weighted by Gasteiger charge is 2.23. The second-order valence-electron chi connectivity index (χ2n) is 6.26. The van der Waals surface area contributed by atoms with Gasteiger partial charge in [0.05, 0.1) is 12.3 Å². The largest absolute Gasteiger partial charge is 0.438 e. The molecule has 0 aliphatic heterocycles. The maximum absolute atomic E-state index is 13.6. The first kappa shape index (κ1) is 18.7. The third-order valence-corrected chi connectivity index (χ3v) is 5.11. The van der Waals surface area contributed by atoms with Crippen LogP contribution in [0, 0.1) is 5.82 Å². The minimum absolute atomic E-state index is 0.0390. The van der Waals surface area contributed by atoms with E-state index < -0.39 is 11.7 Å². The summed E-state index contributed by atoms with van der Waals surface area (Å²) < 4.78 is 19.3. The number of nitrogens with zero attached hydrogens (tertiary/aromatic N) is 1. The molecule has 1 aliphatic rings. The zero-order chi connectivity index (χ0) is 18.5. The predicted molar refractivity (Wildman–Crippen MR) is 98.2 cm³/mol. The van der Waals surface area contributed by atoms with Crippen LogP contribution in [-0.4, -0.2) is 34.4 Å². The molecule has 5 nitrogen and oxygen atoms in total. The number of carbonyl (C=O) groups excluding carboxylic acids is 1. The SMILES string of the molecule is CSc1ccc(Oc2ncc(F)cc2C(=O)N[C@H]2CC[C@H](O)CC2)cc1. The number of aliphatic hydroxyl groups is 1. The monoisotopic (exact) mass is 376 g/mol. The van der Waals surface area contributed by atoms with Crippen LogP contribution in [0.3, 0.4) is 0 Å². The summed E-state index contributed by atoms with van der Waals surface area (Å²) in [5, 5.41) is 12.5. The van der Waals surface area contributed by atoms with Gasteiger partial charge in [-0.25, -0.2) is 9.37 Å². The molecule has 2 aromatic rings. The number of rotatable bonds is 5. The zero-order valence-electron chi connectivity index (χ0n) is 14.4. The summed E-state index contributed by atoms with van der Waals surface area (Å²) in [6.45, 7) is 0. The quantitative estimate of drug-likeness (QED) is 0.778. The lowest BCUT2D eigenvalue weighted by molar-refractivity contribution is 0.0864. The molecule has 0 unspecified atom stereocenters. The van der Waals surface area contributed by atoms with E-state index in [0.29, 0.717) is 31.4 Å². The van der Waals surface area contributed by atoms with Crippen molar-refractivity contribution in [3.63, 3.8) is 0 Å². The van der Waals surface area contributed by atoms with Crippen LogP contribution in [0.4, 0.5) is 4.39 Å². The second-order valence-corrected chi connectivity index (χ2v) is 7.14. The average molecular weight is 376 g/mol. The summed E-state index contributed by atoms with van der Waals surface area (Å²) in [6, 6.07) is 8.45. The van der Waals surface area contributed by atoms with Crippen LogP contribution in [0.5, 0.6) is 11.6 Å². The molecule has 1 saturated carbocycles. The van der Waals surface area contributed by atoms with E-state index >= 15 is 0 Å². The number of amides is 1. The first-order chi connectivity index (χ1) is 12.5. The van der Waals surface area contributed by atoms with Gasteiger partial charge in [-0.1, -0.05) is 0 Å². The maximum Gasteiger partial charge on any atom is 0.257 e. The van der Waals surface area contributed by atoms with Gasteiger partial charge in [-0.05, 0) is 62.3 Å². The van der Waals surface area contributed by atoms with Gasteiger partial charge in [-0.15, -0.1) is 11.8 Å².